The highest BCUT2D eigenvalue weighted by Crippen LogP contribution is 2.60. The monoisotopic (exact) mass is 413 g/mol. The van der Waals surface area contributed by atoms with Crippen LogP contribution in [0.1, 0.15) is 30.9 Å². The third-order valence-corrected chi connectivity index (χ3v) is 6.65. The first-order valence-electron chi connectivity index (χ1n) is 5.80. The Hall–Kier alpha value is 1.25. The molecule has 0 unspecified atom stereocenters. The highest BCUT2D eigenvalue weighted by Gasteiger charge is 2.60. The number of benzene rings is 1. The van der Waals surface area contributed by atoms with Crippen LogP contribution in [0.15, 0.2) is 24.3 Å². The Morgan fingerprint density at radius 3 is 1.80 bits per heavy atom. The molecule has 1 rings (SSSR count). The molecular formula is C13H12Cl7. The second kappa shape index (κ2) is 7.21. The molecule has 0 atom stereocenters. The second-order valence-corrected chi connectivity index (χ2v) is 9.20. The van der Waals surface area contributed by atoms with Crippen LogP contribution in [0.3, 0.4) is 0 Å². The first kappa shape index (κ1) is 19.3. The van der Waals surface area contributed by atoms with Gasteiger partial charge in [-0.2, -0.15) is 0 Å². The Bertz CT molecular complexity index is 431. The van der Waals surface area contributed by atoms with Gasteiger partial charge in [0.15, 0.2) is 4.33 Å². The topological polar surface area (TPSA) is 0 Å². The molecule has 0 aromatic heterocycles. The van der Waals surface area contributed by atoms with E-state index in [9.17, 15) is 0 Å². The average molecular weight is 416 g/mol. The molecule has 1 radical (unpaired) electrons. The van der Waals surface area contributed by atoms with Crippen LogP contribution in [0.5, 0.6) is 0 Å². The number of hydrogen-bond donors (Lipinski definition) is 0. The van der Waals surface area contributed by atoms with Crippen molar-refractivity contribution in [3.63, 3.8) is 0 Å². The van der Waals surface area contributed by atoms with Crippen LogP contribution < -0.4 is 0 Å². The SMILES string of the molecule is CCC[CH]c1ccc(C(Cl)(Cl)C(Cl)(Cl)C(Cl)(Cl)Cl)cc1. The van der Waals surface area contributed by atoms with Gasteiger partial charge in [-0.25, -0.2) is 0 Å². The number of unbranched alkanes of at least 4 members (excludes halogenated alkanes) is 1. The zero-order valence-corrected chi connectivity index (χ0v) is 15.7. The molecule has 20 heavy (non-hydrogen) atoms. The summed E-state index contributed by atoms with van der Waals surface area (Å²) in [6.45, 7) is 2.10. The molecule has 0 saturated carbocycles. The van der Waals surface area contributed by atoms with E-state index in [0.29, 0.717) is 5.56 Å². The Morgan fingerprint density at radius 2 is 1.40 bits per heavy atom. The van der Waals surface area contributed by atoms with E-state index in [1.54, 1.807) is 12.1 Å². The standard InChI is InChI=1S/C13H12Cl7/c1-2-3-4-9-5-7-10(8-6-9)11(14,15)12(16,17)13(18,19)20/h4-8H,2-3H2,1H3. The maximum absolute atomic E-state index is 6.23. The minimum absolute atomic E-state index is 0.450. The average Bonchev–Trinajstić information content (AvgIpc) is 2.35. The first-order chi connectivity index (χ1) is 9.04. The van der Waals surface area contributed by atoms with Crippen LogP contribution in [-0.4, -0.2) is 8.13 Å². The summed E-state index contributed by atoms with van der Waals surface area (Å²) >= 11 is 41.8. The van der Waals surface area contributed by atoms with Gasteiger partial charge in [-0.3, -0.25) is 0 Å². The second-order valence-electron chi connectivity index (χ2n) is 4.26. The van der Waals surface area contributed by atoms with E-state index in [2.05, 4.69) is 13.3 Å². The summed E-state index contributed by atoms with van der Waals surface area (Å²) in [5.41, 5.74) is 1.49. The molecule has 7 heteroatoms. The minimum atomic E-state index is -2.05. The summed E-state index contributed by atoms with van der Waals surface area (Å²) in [5.74, 6) is 0. The van der Waals surface area contributed by atoms with Crippen molar-refractivity contribution in [3.8, 4) is 0 Å². The normalized spacial score (nSPS) is 13.6. The van der Waals surface area contributed by atoms with Crippen molar-refractivity contribution in [2.75, 3.05) is 0 Å². The number of hydrogen-bond acceptors (Lipinski definition) is 0. The van der Waals surface area contributed by atoms with Crippen LogP contribution in [0.4, 0.5) is 0 Å². The number of rotatable bonds is 5. The van der Waals surface area contributed by atoms with Gasteiger partial charge in [0, 0.05) is 0 Å². The lowest BCUT2D eigenvalue weighted by molar-refractivity contribution is 0.698. The van der Waals surface area contributed by atoms with Crippen LogP contribution >= 0.6 is 81.2 Å². The van der Waals surface area contributed by atoms with Gasteiger partial charge < -0.3 is 0 Å². The highest BCUT2D eigenvalue weighted by molar-refractivity contribution is 6.78. The molecule has 0 bridgehead atoms. The quantitative estimate of drug-likeness (QED) is 0.445. The zero-order chi connectivity index (χ0) is 15.6. The zero-order valence-electron chi connectivity index (χ0n) is 10.4. The fourth-order valence-electron chi connectivity index (χ4n) is 1.50. The predicted molar refractivity (Wildman–Crippen MR) is 92.9 cm³/mol. The van der Waals surface area contributed by atoms with Gasteiger partial charge in [-0.1, -0.05) is 119 Å². The Kier molecular flexibility index (Phi) is 6.96. The van der Waals surface area contributed by atoms with Crippen molar-refractivity contribution in [1.82, 2.24) is 0 Å². The van der Waals surface area contributed by atoms with E-state index >= 15 is 0 Å². The van der Waals surface area contributed by atoms with Gasteiger partial charge in [0.1, 0.15) is 0 Å². The molecule has 0 fully saturated rings. The molecule has 0 aliphatic rings. The van der Waals surface area contributed by atoms with Crippen LogP contribution in [-0.2, 0) is 4.33 Å². The Morgan fingerprint density at radius 1 is 0.900 bits per heavy atom. The van der Waals surface area contributed by atoms with Crippen molar-refractivity contribution in [3.05, 3.63) is 41.8 Å². The third-order valence-electron chi connectivity index (χ3n) is 2.69. The molecular weight excluding hydrogens is 404 g/mol. The summed E-state index contributed by atoms with van der Waals surface area (Å²) in [5, 5.41) is 0. The fourth-order valence-corrected chi connectivity index (χ4v) is 2.97. The summed E-state index contributed by atoms with van der Waals surface area (Å²) in [6, 6.07) is 7.12. The van der Waals surface area contributed by atoms with Crippen molar-refractivity contribution in [2.24, 2.45) is 0 Å². The summed E-state index contributed by atoms with van der Waals surface area (Å²) in [6.07, 6.45) is 4.14. The Balaban J connectivity index is 3.04. The molecule has 0 N–H and O–H groups in total. The molecule has 0 spiro atoms. The smallest absolute Gasteiger partial charge is 0.0930 e. The number of alkyl halides is 7. The summed E-state index contributed by atoms with van der Waals surface area (Å²) < 4.78 is -5.83. The van der Waals surface area contributed by atoms with Crippen molar-refractivity contribution in [1.29, 1.82) is 0 Å². The largest absolute Gasteiger partial charge is 0.226 e. The maximum Gasteiger partial charge on any atom is 0.226 e. The molecule has 0 nitrogen and oxygen atoms in total. The number of halogens is 7. The molecule has 0 amide bonds. The maximum atomic E-state index is 6.23. The van der Waals surface area contributed by atoms with E-state index in [1.165, 1.54) is 0 Å². The lowest BCUT2D eigenvalue weighted by Crippen LogP contribution is -2.45. The van der Waals surface area contributed by atoms with Crippen molar-refractivity contribution < 1.29 is 0 Å². The van der Waals surface area contributed by atoms with Crippen LogP contribution in [0.2, 0.25) is 0 Å². The lowest BCUT2D eigenvalue weighted by Gasteiger charge is -2.37. The first-order valence-corrected chi connectivity index (χ1v) is 8.44. The van der Waals surface area contributed by atoms with Gasteiger partial charge >= 0.3 is 0 Å². The van der Waals surface area contributed by atoms with Crippen molar-refractivity contribution >= 4 is 81.2 Å². The van der Waals surface area contributed by atoms with Crippen molar-refractivity contribution in [2.45, 2.75) is 32.2 Å². The van der Waals surface area contributed by atoms with Gasteiger partial charge in [-0.15, -0.1) is 0 Å². The van der Waals surface area contributed by atoms with E-state index in [4.69, 9.17) is 81.2 Å². The fraction of sp³-hybridized carbons (Fsp3) is 0.462. The highest BCUT2D eigenvalue weighted by atomic mass is 35.6. The molecule has 1 aromatic rings. The predicted octanol–water partition coefficient (Wildman–Crippen LogP) is 7.21. The van der Waals surface area contributed by atoms with Gasteiger partial charge in [0.05, 0.1) is 0 Å². The van der Waals surface area contributed by atoms with E-state index in [1.807, 2.05) is 12.1 Å². The van der Waals surface area contributed by atoms with E-state index in [-0.39, 0.29) is 0 Å². The molecule has 113 valence electrons. The molecule has 0 aliphatic carbocycles. The summed E-state index contributed by atoms with van der Waals surface area (Å²) in [4.78, 5) is 0. The lowest BCUT2D eigenvalue weighted by atomic mass is 10.0. The van der Waals surface area contributed by atoms with Gasteiger partial charge in [-0.05, 0) is 24.0 Å². The molecule has 1 aromatic carbocycles. The third kappa shape index (κ3) is 4.16. The van der Waals surface area contributed by atoms with E-state index < -0.39 is 12.5 Å². The minimum Gasteiger partial charge on any atom is -0.0930 e. The van der Waals surface area contributed by atoms with Gasteiger partial charge in [0.25, 0.3) is 0 Å². The molecule has 0 aliphatic heterocycles. The Labute approximate surface area is 154 Å². The van der Waals surface area contributed by atoms with Crippen LogP contribution in [0.25, 0.3) is 0 Å². The van der Waals surface area contributed by atoms with Crippen LogP contribution in [0, 0.1) is 6.42 Å². The molecule has 0 saturated heterocycles. The van der Waals surface area contributed by atoms with E-state index in [0.717, 1.165) is 18.4 Å². The summed E-state index contributed by atoms with van der Waals surface area (Å²) in [7, 11) is 0. The molecule has 0 heterocycles. The van der Waals surface area contributed by atoms with Gasteiger partial charge in [0.2, 0.25) is 8.13 Å².